The fraction of sp³-hybridized carbons (Fsp3) is 0.923. The number of carbonyl (C=O) groups is 1. The highest BCUT2D eigenvalue weighted by molar-refractivity contribution is 5.81. The average molecular weight is 209 g/mol. The van der Waals surface area contributed by atoms with Crippen LogP contribution in [0.2, 0.25) is 0 Å². The molecule has 2 fully saturated rings. The molecule has 15 heavy (non-hydrogen) atoms. The SMILES string of the molecule is CC[C@@H]1CC1C(=O)NC1CCC(C)CC1. The van der Waals surface area contributed by atoms with Crippen LogP contribution in [-0.4, -0.2) is 11.9 Å². The van der Waals surface area contributed by atoms with Crippen LogP contribution >= 0.6 is 0 Å². The monoisotopic (exact) mass is 209 g/mol. The van der Waals surface area contributed by atoms with Crippen molar-refractivity contribution < 1.29 is 4.79 Å². The normalized spacial score (nSPS) is 39.9. The third-order valence-electron chi connectivity index (χ3n) is 4.15. The van der Waals surface area contributed by atoms with Crippen LogP contribution in [0.1, 0.15) is 52.4 Å². The van der Waals surface area contributed by atoms with Crippen LogP contribution in [0.3, 0.4) is 0 Å². The van der Waals surface area contributed by atoms with Crippen molar-refractivity contribution in [2.24, 2.45) is 17.8 Å². The molecule has 2 rings (SSSR count). The van der Waals surface area contributed by atoms with Crippen LogP contribution in [0.25, 0.3) is 0 Å². The number of hydrogen-bond donors (Lipinski definition) is 1. The van der Waals surface area contributed by atoms with E-state index in [0.717, 1.165) is 12.3 Å². The van der Waals surface area contributed by atoms with Gasteiger partial charge < -0.3 is 5.32 Å². The molecule has 2 aliphatic rings. The molecule has 2 nitrogen and oxygen atoms in total. The van der Waals surface area contributed by atoms with Crippen LogP contribution in [0.15, 0.2) is 0 Å². The second-order valence-electron chi connectivity index (χ2n) is 5.48. The van der Waals surface area contributed by atoms with Crippen LogP contribution < -0.4 is 5.32 Å². The number of nitrogens with one attached hydrogen (secondary N) is 1. The average Bonchev–Trinajstić information content (AvgIpc) is 3.00. The predicted molar refractivity (Wildman–Crippen MR) is 61.5 cm³/mol. The van der Waals surface area contributed by atoms with E-state index in [1.807, 2.05) is 0 Å². The van der Waals surface area contributed by atoms with Gasteiger partial charge in [0.2, 0.25) is 5.91 Å². The summed E-state index contributed by atoms with van der Waals surface area (Å²) in [6, 6.07) is 0.479. The first-order valence-electron chi connectivity index (χ1n) is 6.51. The highest BCUT2D eigenvalue weighted by Gasteiger charge is 2.41. The first kappa shape index (κ1) is 11.0. The molecular formula is C13H23NO. The fourth-order valence-corrected chi connectivity index (χ4v) is 2.73. The van der Waals surface area contributed by atoms with Gasteiger partial charge in [-0.3, -0.25) is 4.79 Å². The van der Waals surface area contributed by atoms with E-state index in [2.05, 4.69) is 19.2 Å². The molecule has 0 aromatic rings. The molecule has 2 atom stereocenters. The maximum absolute atomic E-state index is 11.8. The van der Waals surface area contributed by atoms with Gasteiger partial charge in [0.25, 0.3) is 0 Å². The summed E-state index contributed by atoms with van der Waals surface area (Å²) in [5, 5.41) is 3.23. The first-order valence-corrected chi connectivity index (χ1v) is 6.51. The minimum absolute atomic E-state index is 0.335. The number of rotatable bonds is 3. The molecule has 1 N–H and O–H groups in total. The van der Waals surface area contributed by atoms with Crippen molar-refractivity contribution >= 4 is 5.91 Å². The predicted octanol–water partition coefficient (Wildman–Crippen LogP) is 2.73. The van der Waals surface area contributed by atoms with Crippen LogP contribution in [-0.2, 0) is 4.79 Å². The van der Waals surface area contributed by atoms with Crippen molar-refractivity contribution in [2.75, 3.05) is 0 Å². The molecule has 0 spiro atoms. The lowest BCUT2D eigenvalue weighted by molar-refractivity contribution is -0.123. The molecule has 0 radical (unpaired) electrons. The molecule has 86 valence electrons. The van der Waals surface area contributed by atoms with Crippen LogP contribution in [0, 0.1) is 17.8 Å². The summed E-state index contributed by atoms with van der Waals surface area (Å²) < 4.78 is 0. The zero-order chi connectivity index (χ0) is 10.8. The lowest BCUT2D eigenvalue weighted by Gasteiger charge is -2.27. The highest BCUT2D eigenvalue weighted by Crippen LogP contribution is 2.41. The third kappa shape index (κ3) is 2.73. The Balaban J connectivity index is 1.71. The van der Waals surface area contributed by atoms with Gasteiger partial charge in [0.15, 0.2) is 0 Å². The molecular weight excluding hydrogens is 186 g/mol. The Morgan fingerprint density at radius 1 is 1.27 bits per heavy atom. The lowest BCUT2D eigenvalue weighted by Crippen LogP contribution is -2.38. The summed E-state index contributed by atoms with van der Waals surface area (Å²) in [5.74, 6) is 2.24. The lowest BCUT2D eigenvalue weighted by atomic mass is 9.87. The van der Waals surface area contributed by atoms with E-state index in [1.165, 1.54) is 32.1 Å². The molecule has 1 unspecified atom stereocenters. The summed E-state index contributed by atoms with van der Waals surface area (Å²) in [4.78, 5) is 11.8. The zero-order valence-electron chi connectivity index (χ0n) is 9.96. The van der Waals surface area contributed by atoms with Gasteiger partial charge >= 0.3 is 0 Å². The Bertz CT molecular complexity index is 231. The van der Waals surface area contributed by atoms with Gasteiger partial charge in [-0.05, 0) is 43.9 Å². The van der Waals surface area contributed by atoms with E-state index in [-0.39, 0.29) is 0 Å². The molecule has 2 saturated carbocycles. The second-order valence-corrected chi connectivity index (χ2v) is 5.48. The molecule has 0 aromatic heterocycles. The van der Waals surface area contributed by atoms with Crippen molar-refractivity contribution in [2.45, 2.75) is 58.4 Å². The second kappa shape index (κ2) is 4.54. The number of carbonyl (C=O) groups excluding carboxylic acids is 1. The maximum Gasteiger partial charge on any atom is 0.223 e. The smallest absolute Gasteiger partial charge is 0.223 e. The minimum atomic E-state index is 0.335. The molecule has 0 aliphatic heterocycles. The van der Waals surface area contributed by atoms with E-state index >= 15 is 0 Å². The Morgan fingerprint density at radius 2 is 1.93 bits per heavy atom. The number of hydrogen-bond acceptors (Lipinski definition) is 1. The number of amides is 1. The summed E-state index contributed by atoms with van der Waals surface area (Å²) in [7, 11) is 0. The van der Waals surface area contributed by atoms with E-state index < -0.39 is 0 Å². The quantitative estimate of drug-likeness (QED) is 0.761. The van der Waals surface area contributed by atoms with Crippen molar-refractivity contribution in [3.8, 4) is 0 Å². The van der Waals surface area contributed by atoms with E-state index in [1.54, 1.807) is 0 Å². The molecule has 2 aliphatic carbocycles. The first-order chi connectivity index (χ1) is 7.20. The minimum Gasteiger partial charge on any atom is -0.353 e. The van der Waals surface area contributed by atoms with E-state index in [9.17, 15) is 4.79 Å². The van der Waals surface area contributed by atoms with Gasteiger partial charge in [0, 0.05) is 12.0 Å². The fourth-order valence-electron chi connectivity index (χ4n) is 2.73. The van der Waals surface area contributed by atoms with Gasteiger partial charge in [-0.25, -0.2) is 0 Å². The Hall–Kier alpha value is -0.530. The maximum atomic E-state index is 11.8. The van der Waals surface area contributed by atoms with Crippen molar-refractivity contribution in [1.82, 2.24) is 5.32 Å². The Labute approximate surface area is 92.8 Å². The summed E-state index contributed by atoms with van der Waals surface area (Å²) in [5.41, 5.74) is 0. The zero-order valence-corrected chi connectivity index (χ0v) is 9.96. The van der Waals surface area contributed by atoms with Crippen LogP contribution in [0.5, 0.6) is 0 Å². The summed E-state index contributed by atoms with van der Waals surface area (Å²) >= 11 is 0. The topological polar surface area (TPSA) is 29.1 Å². The Morgan fingerprint density at radius 3 is 2.47 bits per heavy atom. The van der Waals surface area contributed by atoms with Crippen molar-refractivity contribution in [1.29, 1.82) is 0 Å². The summed E-state index contributed by atoms with van der Waals surface area (Å²) in [6.07, 6.45) is 7.25. The van der Waals surface area contributed by atoms with Gasteiger partial charge in [-0.15, -0.1) is 0 Å². The van der Waals surface area contributed by atoms with Gasteiger partial charge in [0.05, 0.1) is 0 Å². The molecule has 2 heteroatoms. The van der Waals surface area contributed by atoms with E-state index in [0.29, 0.717) is 23.8 Å². The molecule has 0 heterocycles. The largest absolute Gasteiger partial charge is 0.353 e. The molecule has 1 amide bonds. The van der Waals surface area contributed by atoms with Crippen molar-refractivity contribution in [3.05, 3.63) is 0 Å². The van der Waals surface area contributed by atoms with Gasteiger partial charge in [-0.1, -0.05) is 20.3 Å². The van der Waals surface area contributed by atoms with Crippen molar-refractivity contribution in [3.63, 3.8) is 0 Å². The highest BCUT2D eigenvalue weighted by atomic mass is 16.2. The molecule has 0 saturated heterocycles. The Kier molecular flexibility index (Phi) is 3.32. The third-order valence-corrected chi connectivity index (χ3v) is 4.15. The summed E-state index contributed by atoms with van der Waals surface area (Å²) in [6.45, 7) is 4.49. The van der Waals surface area contributed by atoms with Gasteiger partial charge in [0.1, 0.15) is 0 Å². The molecule has 0 bridgehead atoms. The standard InChI is InChI=1S/C13H23NO/c1-3-10-8-12(10)13(15)14-11-6-4-9(2)5-7-11/h9-12H,3-8H2,1-2H3,(H,14,15)/t9?,10-,11?,12?/m1/s1. The van der Waals surface area contributed by atoms with Gasteiger partial charge in [-0.2, -0.15) is 0 Å². The molecule has 0 aromatic carbocycles. The van der Waals surface area contributed by atoms with E-state index in [4.69, 9.17) is 0 Å². The van der Waals surface area contributed by atoms with Crippen LogP contribution in [0.4, 0.5) is 0 Å².